The Labute approximate surface area is 114 Å². The van der Waals surface area contributed by atoms with E-state index in [0.717, 1.165) is 30.1 Å². The van der Waals surface area contributed by atoms with Gasteiger partial charge in [0.2, 0.25) is 0 Å². The van der Waals surface area contributed by atoms with Crippen molar-refractivity contribution in [2.24, 2.45) is 5.92 Å². The normalized spacial score (nSPS) is 11.1. The van der Waals surface area contributed by atoms with Gasteiger partial charge in [-0.2, -0.15) is 12.6 Å². The molecule has 1 aromatic heterocycles. The molecule has 96 valence electrons. The number of aromatic nitrogens is 2. The Bertz CT molecular complexity index is 485. The van der Waals surface area contributed by atoms with Gasteiger partial charge in [0.15, 0.2) is 0 Å². The highest BCUT2D eigenvalue weighted by Gasteiger charge is 2.03. The zero-order chi connectivity index (χ0) is 13.0. The molecule has 18 heavy (non-hydrogen) atoms. The predicted molar refractivity (Wildman–Crippen MR) is 80.1 cm³/mol. The van der Waals surface area contributed by atoms with Gasteiger partial charge in [-0.1, -0.05) is 38.1 Å². The molecule has 3 heteroatoms. The molecule has 0 atom stereocenters. The van der Waals surface area contributed by atoms with E-state index in [0.29, 0.717) is 5.92 Å². The van der Waals surface area contributed by atoms with Crippen molar-refractivity contribution in [3.8, 4) is 11.3 Å². The summed E-state index contributed by atoms with van der Waals surface area (Å²) in [5.41, 5.74) is 3.67. The Hall–Kier alpha value is -1.22. The van der Waals surface area contributed by atoms with Gasteiger partial charge in [-0.25, -0.2) is 4.98 Å². The quantitative estimate of drug-likeness (QED) is 0.788. The van der Waals surface area contributed by atoms with Crippen molar-refractivity contribution in [3.05, 3.63) is 41.9 Å². The first kappa shape index (κ1) is 13.2. The van der Waals surface area contributed by atoms with E-state index in [1.165, 1.54) is 11.1 Å². The maximum absolute atomic E-state index is 4.35. The first-order chi connectivity index (χ1) is 8.69. The van der Waals surface area contributed by atoms with Crippen molar-refractivity contribution in [2.75, 3.05) is 5.75 Å². The molecule has 0 spiro atoms. The lowest BCUT2D eigenvalue weighted by atomic mass is 10.0. The highest BCUT2D eigenvalue weighted by molar-refractivity contribution is 7.80. The lowest BCUT2D eigenvalue weighted by molar-refractivity contribution is 0.647. The van der Waals surface area contributed by atoms with E-state index in [1.807, 2.05) is 6.20 Å². The number of benzene rings is 1. The molecule has 2 aromatic rings. The summed E-state index contributed by atoms with van der Waals surface area (Å²) in [7, 11) is 0. The predicted octanol–water partition coefficient (Wildman–Crippen LogP) is 3.75. The van der Waals surface area contributed by atoms with Crippen LogP contribution in [0.5, 0.6) is 0 Å². The molecule has 0 amide bonds. The van der Waals surface area contributed by atoms with E-state index in [9.17, 15) is 0 Å². The SMILES string of the molecule is CC(C)Cc1ccc(-c2cnc(CCS)[nH]2)cc1. The van der Waals surface area contributed by atoms with Crippen LogP contribution in [0.15, 0.2) is 30.5 Å². The maximum Gasteiger partial charge on any atom is 0.107 e. The van der Waals surface area contributed by atoms with E-state index in [2.05, 4.69) is 60.7 Å². The van der Waals surface area contributed by atoms with Crippen molar-refractivity contribution in [3.63, 3.8) is 0 Å². The highest BCUT2D eigenvalue weighted by atomic mass is 32.1. The molecule has 1 heterocycles. The number of nitrogens with one attached hydrogen (secondary N) is 1. The van der Waals surface area contributed by atoms with E-state index in [4.69, 9.17) is 0 Å². The number of hydrogen-bond donors (Lipinski definition) is 2. The minimum absolute atomic E-state index is 0.699. The van der Waals surface area contributed by atoms with Gasteiger partial charge in [-0.05, 0) is 29.2 Å². The van der Waals surface area contributed by atoms with Crippen molar-refractivity contribution >= 4 is 12.6 Å². The van der Waals surface area contributed by atoms with E-state index in [1.54, 1.807) is 0 Å². The third kappa shape index (κ3) is 3.39. The van der Waals surface area contributed by atoms with Crippen LogP contribution in [0.3, 0.4) is 0 Å². The molecule has 0 aliphatic heterocycles. The fraction of sp³-hybridized carbons (Fsp3) is 0.400. The summed E-state index contributed by atoms with van der Waals surface area (Å²) < 4.78 is 0. The average molecular weight is 260 g/mol. The van der Waals surface area contributed by atoms with Gasteiger partial charge in [0.25, 0.3) is 0 Å². The molecule has 2 rings (SSSR count). The van der Waals surface area contributed by atoms with Crippen LogP contribution in [0.25, 0.3) is 11.3 Å². The molecule has 2 nitrogen and oxygen atoms in total. The minimum Gasteiger partial charge on any atom is -0.342 e. The Kier molecular flexibility index (Phi) is 4.48. The fourth-order valence-electron chi connectivity index (χ4n) is 2.03. The number of aryl methyl sites for hydroxylation is 1. The molecule has 0 saturated heterocycles. The summed E-state index contributed by atoms with van der Waals surface area (Å²) in [6.07, 6.45) is 3.92. The number of hydrogen-bond acceptors (Lipinski definition) is 2. The van der Waals surface area contributed by atoms with Crippen LogP contribution in [-0.4, -0.2) is 15.7 Å². The van der Waals surface area contributed by atoms with Crippen LogP contribution < -0.4 is 0 Å². The molecule has 0 aliphatic carbocycles. The second-order valence-electron chi connectivity index (χ2n) is 5.01. The minimum atomic E-state index is 0.699. The van der Waals surface area contributed by atoms with Crippen LogP contribution in [0.4, 0.5) is 0 Å². The topological polar surface area (TPSA) is 28.7 Å². The zero-order valence-corrected chi connectivity index (χ0v) is 11.9. The van der Waals surface area contributed by atoms with Crippen molar-refractivity contribution in [1.82, 2.24) is 9.97 Å². The van der Waals surface area contributed by atoms with Crippen LogP contribution >= 0.6 is 12.6 Å². The second-order valence-corrected chi connectivity index (χ2v) is 5.46. The molecule has 0 saturated carbocycles. The molecular formula is C15H20N2S. The average Bonchev–Trinajstić information content (AvgIpc) is 2.78. The van der Waals surface area contributed by atoms with Gasteiger partial charge < -0.3 is 4.98 Å². The number of H-pyrrole nitrogens is 1. The summed E-state index contributed by atoms with van der Waals surface area (Å²) in [5, 5.41) is 0. The van der Waals surface area contributed by atoms with Crippen molar-refractivity contribution in [2.45, 2.75) is 26.7 Å². The monoisotopic (exact) mass is 260 g/mol. The largest absolute Gasteiger partial charge is 0.342 e. The Morgan fingerprint density at radius 2 is 1.94 bits per heavy atom. The van der Waals surface area contributed by atoms with Crippen LogP contribution in [0, 0.1) is 5.92 Å². The number of imidazole rings is 1. The maximum atomic E-state index is 4.35. The van der Waals surface area contributed by atoms with Crippen LogP contribution in [-0.2, 0) is 12.8 Å². The van der Waals surface area contributed by atoms with Gasteiger partial charge in [-0.3, -0.25) is 0 Å². The van der Waals surface area contributed by atoms with Gasteiger partial charge in [0, 0.05) is 6.42 Å². The molecule has 0 fully saturated rings. The zero-order valence-electron chi connectivity index (χ0n) is 11.0. The highest BCUT2D eigenvalue weighted by Crippen LogP contribution is 2.19. The molecule has 0 radical (unpaired) electrons. The van der Waals surface area contributed by atoms with E-state index >= 15 is 0 Å². The summed E-state index contributed by atoms with van der Waals surface area (Å²) >= 11 is 4.21. The third-order valence-corrected chi connectivity index (χ3v) is 3.11. The van der Waals surface area contributed by atoms with E-state index in [-0.39, 0.29) is 0 Å². The summed E-state index contributed by atoms with van der Waals surface area (Å²) in [5.74, 6) is 2.52. The third-order valence-electron chi connectivity index (χ3n) is 2.89. The molecule has 0 aliphatic rings. The number of rotatable bonds is 5. The van der Waals surface area contributed by atoms with Crippen molar-refractivity contribution in [1.29, 1.82) is 0 Å². The smallest absolute Gasteiger partial charge is 0.107 e. The number of nitrogens with zero attached hydrogens (tertiary/aromatic N) is 1. The molecule has 1 aromatic carbocycles. The summed E-state index contributed by atoms with van der Waals surface area (Å²) in [6.45, 7) is 4.49. The van der Waals surface area contributed by atoms with Gasteiger partial charge >= 0.3 is 0 Å². The second kappa shape index (κ2) is 6.10. The molecule has 0 bridgehead atoms. The summed E-state index contributed by atoms with van der Waals surface area (Å²) in [6, 6.07) is 8.73. The lowest BCUT2D eigenvalue weighted by Gasteiger charge is -2.05. The fourth-order valence-corrected chi connectivity index (χ4v) is 2.25. The summed E-state index contributed by atoms with van der Waals surface area (Å²) in [4.78, 5) is 7.68. The lowest BCUT2D eigenvalue weighted by Crippen LogP contribution is -1.93. The Morgan fingerprint density at radius 3 is 2.56 bits per heavy atom. The van der Waals surface area contributed by atoms with Crippen LogP contribution in [0.1, 0.15) is 25.2 Å². The van der Waals surface area contributed by atoms with Crippen molar-refractivity contribution < 1.29 is 0 Å². The number of aromatic amines is 1. The Balaban J connectivity index is 2.12. The number of thiol groups is 1. The standard InChI is InChI=1S/C15H20N2S/c1-11(2)9-12-3-5-13(6-4-12)14-10-16-15(17-14)7-8-18/h3-6,10-11,18H,7-9H2,1-2H3,(H,16,17). The first-order valence-corrected chi connectivity index (χ1v) is 7.06. The first-order valence-electron chi connectivity index (χ1n) is 6.43. The molecule has 1 N–H and O–H groups in total. The van der Waals surface area contributed by atoms with Crippen LogP contribution in [0.2, 0.25) is 0 Å². The van der Waals surface area contributed by atoms with Gasteiger partial charge in [0.05, 0.1) is 11.9 Å². The van der Waals surface area contributed by atoms with Gasteiger partial charge in [-0.15, -0.1) is 0 Å². The molecular weight excluding hydrogens is 240 g/mol. The molecule has 0 unspecified atom stereocenters. The Morgan fingerprint density at radius 1 is 1.22 bits per heavy atom. The van der Waals surface area contributed by atoms with E-state index < -0.39 is 0 Å². The van der Waals surface area contributed by atoms with Gasteiger partial charge in [0.1, 0.15) is 5.82 Å².